The van der Waals surface area contributed by atoms with Crippen LogP contribution < -0.4 is 10.2 Å². The highest BCUT2D eigenvalue weighted by atomic mass is 19.1. The van der Waals surface area contributed by atoms with Crippen LogP contribution in [0.15, 0.2) is 54.6 Å². The van der Waals surface area contributed by atoms with E-state index in [0.717, 1.165) is 11.3 Å². The van der Waals surface area contributed by atoms with Crippen LogP contribution in [-0.4, -0.2) is 32.6 Å². The zero-order chi connectivity index (χ0) is 18.9. The van der Waals surface area contributed by atoms with Crippen molar-refractivity contribution in [3.8, 4) is 0 Å². The number of halogens is 1. The standard InChI is InChI=1S/C20H21FN2O3/c1-23(2)18-10-5-16(6-11-18)13-22-19(24)14-26-20(25)12-7-15-3-8-17(21)9-4-15/h3-12H,13-14H2,1-2H3,(H,22,24)/b12-7+. The third-order valence-electron chi connectivity index (χ3n) is 3.57. The number of nitrogens with one attached hydrogen (secondary N) is 1. The maximum Gasteiger partial charge on any atom is 0.331 e. The summed E-state index contributed by atoms with van der Waals surface area (Å²) in [6, 6.07) is 13.4. The van der Waals surface area contributed by atoms with Gasteiger partial charge in [-0.3, -0.25) is 4.79 Å². The van der Waals surface area contributed by atoms with Gasteiger partial charge in [-0.2, -0.15) is 0 Å². The summed E-state index contributed by atoms with van der Waals surface area (Å²) in [5.74, 6) is -1.37. The van der Waals surface area contributed by atoms with E-state index in [4.69, 9.17) is 4.74 Å². The van der Waals surface area contributed by atoms with Crippen LogP contribution in [-0.2, 0) is 20.9 Å². The summed E-state index contributed by atoms with van der Waals surface area (Å²) >= 11 is 0. The van der Waals surface area contributed by atoms with Crippen LogP contribution in [0.2, 0.25) is 0 Å². The molecule has 0 aliphatic heterocycles. The van der Waals surface area contributed by atoms with Gasteiger partial charge < -0.3 is 15.0 Å². The number of esters is 1. The second kappa shape index (κ2) is 9.36. The highest BCUT2D eigenvalue weighted by Gasteiger charge is 2.05. The molecule has 1 amide bonds. The van der Waals surface area contributed by atoms with Crippen molar-refractivity contribution in [2.24, 2.45) is 0 Å². The molecule has 0 radical (unpaired) electrons. The molecule has 0 aliphatic carbocycles. The number of nitrogens with zero attached hydrogens (tertiary/aromatic N) is 1. The Bertz CT molecular complexity index is 769. The topological polar surface area (TPSA) is 58.6 Å². The van der Waals surface area contributed by atoms with Gasteiger partial charge in [-0.25, -0.2) is 9.18 Å². The van der Waals surface area contributed by atoms with Crippen molar-refractivity contribution in [2.75, 3.05) is 25.6 Å². The lowest BCUT2D eigenvalue weighted by Gasteiger charge is -2.12. The Balaban J connectivity index is 1.72. The molecule has 136 valence electrons. The number of hydrogen-bond donors (Lipinski definition) is 1. The first-order valence-corrected chi connectivity index (χ1v) is 8.07. The van der Waals surface area contributed by atoms with Crippen molar-refractivity contribution in [3.05, 3.63) is 71.6 Å². The van der Waals surface area contributed by atoms with Gasteiger partial charge in [0.15, 0.2) is 6.61 Å². The van der Waals surface area contributed by atoms with Crippen LogP contribution in [0.1, 0.15) is 11.1 Å². The summed E-state index contributed by atoms with van der Waals surface area (Å²) in [7, 11) is 3.91. The molecular formula is C20H21FN2O3. The number of amides is 1. The molecule has 0 heterocycles. The third-order valence-corrected chi connectivity index (χ3v) is 3.57. The van der Waals surface area contributed by atoms with Gasteiger partial charge in [0.2, 0.25) is 0 Å². The average Bonchev–Trinajstić information content (AvgIpc) is 2.64. The molecule has 0 fully saturated rings. The minimum Gasteiger partial charge on any atom is -0.452 e. The summed E-state index contributed by atoms with van der Waals surface area (Å²) in [5.41, 5.74) is 2.68. The summed E-state index contributed by atoms with van der Waals surface area (Å²) in [5, 5.41) is 2.69. The Morgan fingerprint density at radius 2 is 1.73 bits per heavy atom. The molecule has 0 unspecified atom stereocenters. The Morgan fingerprint density at radius 1 is 1.08 bits per heavy atom. The monoisotopic (exact) mass is 356 g/mol. The van der Waals surface area contributed by atoms with E-state index in [-0.39, 0.29) is 18.3 Å². The molecule has 0 saturated carbocycles. The number of benzene rings is 2. The van der Waals surface area contributed by atoms with Crippen LogP contribution in [0.3, 0.4) is 0 Å². The van der Waals surface area contributed by atoms with Crippen molar-refractivity contribution in [2.45, 2.75) is 6.54 Å². The normalized spacial score (nSPS) is 10.6. The van der Waals surface area contributed by atoms with E-state index < -0.39 is 5.97 Å². The van der Waals surface area contributed by atoms with Crippen molar-refractivity contribution in [3.63, 3.8) is 0 Å². The second-order valence-electron chi connectivity index (χ2n) is 5.83. The van der Waals surface area contributed by atoms with Crippen LogP contribution in [0.4, 0.5) is 10.1 Å². The number of hydrogen-bond acceptors (Lipinski definition) is 4. The quantitative estimate of drug-likeness (QED) is 0.612. The van der Waals surface area contributed by atoms with Crippen LogP contribution >= 0.6 is 0 Å². The molecule has 0 saturated heterocycles. The Labute approximate surface area is 152 Å². The number of ether oxygens (including phenoxy) is 1. The molecule has 2 rings (SSSR count). The van der Waals surface area contributed by atoms with Gasteiger partial charge in [0.25, 0.3) is 5.91 Å². The Kier molecular flexibility index (Phi) is 6.91. The third kappa shape index (κ3) is 6.39. The van der Waals surface area contributed by atoms with Gasteiger partial charge in [-0.1, -0.05) is 24.3 Å². The van der Waals surface area contributed by atoms with E-state index in [9.17, 15) is 14.0 Å². The van der Waals surface area contributed by atoms with E-state index >= 15 is 0 Å². The fourth-order valence-electron chi connectivity index (χ4n) is 2.09. The maximum absolute atomic E-state index is 12.8. The predicted molar refractivity (Wildman–Crippen MR) is 99.0 cm³/mol. The number of carbonyl (C=O) groups is 2. The number of rotatable bonds is 7. The zero-order valence-corrected chi connectivity index (χ0v) is 14.7. The maximum atomic E-state index is 12.8. The average molecular weight is 356 g/mol. The molecule has 0 aromatic heterocycles. The molecule has 0 aliphatic rings. The minimum atomic E-state index is -0.639. The first-order chi connectivity index (χ1) is 12.4. The van der Waals surface area contributed by atoms with E-state index in [1.54, 1.807) is 0 Å². The van der Waals surface area contributed by atoms with Crippen molar-refractivity contribution < 1.29 is 18.7 Å². The Hall–Kier alpha value is -3.15. The first-order valence-electron chi connectivity index (χ1n) is 8.07. The highest BCUT2D eigenvalue weighted by Crippen LogP contribution is 2.11. The second-order valence-corrected chi connectivity index (χ2v) is 5.83. The van der Waals surface area contributed by atoms with Gasteiger partial charge >= 0.3 is 5.97 Å². The fourth-order valence-corrected chi connectivity index (χ4v) is 2.09. The molecular weight excluding hydrogens is 335 g/mol. The fraction of sp³-hybridized carbons (Fsp3) is 0.200. The van der Waals surface area contributed by atoms with E-state index in [1.165, 1.54) is 36.4 Å². The van der Waals surface area contributed by atoms with Crippen LogP contribution in [0, 0.1) is 5.82 Å². The molecule has 2 aromatic rings. The predicted octanol–water partition coefficient (Wildman–Crippen LogP) is 2.76. The van der Waals surface area contributed by atoms with Crippen molar-refractivity contribution in [1.29, 1.82) is 0 Å². The van der Waals surface area contributed by atoms with E-state index in [2.05, 4.69) is 5.32 Å². The Morgan fingerprint density at radius 3 is 2.35 bits per heavy atom. The SMILES string of the molecule is CN(C)c1ccc(CNC(=O)COC(=O)/C=C/c2ccc(F)cc2)cc1. The minimum absolute atomic E-state index is 0.349. The summed E-state index contributed by atoms with van der Waals surface area (Å²) in [6.07, 6.45) is 2.69. The molecule has 0 bridgehead atoms. The van der Waals surface area contributed by atoms with E-state index in [1.807, 2.05) is 43.3 Å². The molecule has 0 spiro atoms. The summed E-state index contributed by atoms with van der Waals surface area (Å²) < 4.78 is 17.7. The molecule has 26 heavy (non-hydrogen) atoms. The summed E-state index contributed by atoms with van der Waals surface area (Å²) in [6.45, 7) is -0.00210. The first kappa shape index (κ1) is 19.2. The molecule has 6 heteroatoms. The lowest BCUT2D eigenvalue weighted by molar-refractivity contribution is -0.143. The zero-order valence-electron chi connectivity index (χ0n) is 14.7. The number of anilines is 1. The lowest BCUT2D eigenvalue weighted by Crippen LogP contribution is -2.28. The molecule has 0 atom stereocenters. The lowest BCUT2D eigenvalue weighted by atomic mass is 10.2. The van der Waals surface area contributed by atoms with Gasteiger partial charge in [0.1, 0.15) is 5.82 Å². The largest absolute Gasteiger partial charge is 0.452 e. The van der Waals surface area contributed by atoms with Crippen LogP contribution in [0.5, 0.6) is 0 Å². The van der Waals surface area contributed by atoms with Gasteiger partial charge in [0.05, 0.1) is 0 Å². The van der Waals surface area contributed by atoms with Gasteiger partial charge in [-0.05, 0) is 41.5 Å². The molecule has 5 nitrogen and oxygen atoms in total. The number of carbonyl (C=O) groups excluding carboxylic acids is 2. The molecule has 2 aromatic carbocycles. The van der Waals surface area contributed by atoms with Gasteiger partial charge in [-0.15, -0.1) is 0 Å². The molecule has 1 N–H and O–H groups in total. The van der Waals surface area contributed by atoms with Crippen LogP contribution in [0.25, 0.3) is 6.08 Å². The van der Waals surface area contributed by atoms with E-state index in [0.29, 0.717) is 12.1 Å². The van der Waals surface area contributed by atoms with Crippen molar-refractivity contribution >= 4 is 23.6 Å². The smallest absolute Gasteiger partial charge is 0.331 e. The highest BCUT2D eigenvalue weighted by molar-refractivity contribution is 5.89. The summed E-state index contributed by atoms with van der Waals surface area (Å²) in [4.78, 5) is 25.3. The van der Waals surface area contributed by atoms with Crippen molar-refractivity contribution in [1.82, 2.24) is 5.32 Å². The van der Waals surface area contributed by atoms with Gasteiger partial charge in [0, 0.05) is 32.4 Å².